The summed E-state index contributed by atoms with van der Waals surface area (Å²) < 4.78 is 11.7. The Morgan fingerprint density at radius 2 is 1.11 bits per heavy atom. The lowest BCUT2D eigenvalue weighted by atomic mass is 9.94. The zero-order valence-corrected chi connectivity index (χ0v) is 19.1. The summed E-state index contributed by atoms with van der Waals surface area (Å²) in [6.45, 7) is 0.210. The quantitative estimate of drug-likeness (QED) is 0.288. The van der Waals surface area contributed by atoms with E-state index in [9.17, 15) is 24.6 Å². The standard InChI is InChI=1S/C29H22O7/c30-27(22-13-7-8-14-24(22)35-17-19-9-3-1-4-10-19)26-23(29(33)34)15-21(28(31)32)16-25(26)36-18-20-11-5-2-6-12-20/h1-16H,17-18H2,(H,31,32)(H,33,34). The predicted molar refractivity (Wildman–Crippen MR) is 132 cm³/mol. The maximum Gasteiger partial charge on any atom is 0.336 e. The number of para-hydroxylation sites is 1. The van der Waals surface area contributed by atoms with Gasteiger partial charge in [0.1, 0.15) is 24.7 Å². The molecule has 4 rings (SSSR count). The molecule has 7 heteroatoms. The van der Waals surface area contributed by atoms with Gasteiger partial charge in [-0.05, 0) is 35.4 Å². The lowest BCUT2D eigenvalue weighted by Crippen LogP contribution is -2.15. The molecule has 0 aliphatic heterocycles. The molecule has 0 aromatic heterocycles. The maximum absolute atomic E-state index is 13.7. The van der Waals surface area contributed by atoms with Crippen molar-refractivity contribution in [2.24, 2.45) is 0 Å². The first-order valence-electron chi connectivity index (χ1n) is 11.1. The van der Waals surface area contributed by atoms with Gasteiger partial charge in [-0.3, -0.25) is 4.79 Å². The van der Waals surface area contributed by atoms with Crippen molar-refractivity contribution in [1.82, 2.24) is 0 Å². The molecule has 0 heterocycles. The second-order valence-electron chi connectivity index (χ2n) is 7.88. The van der Waals surface area contributed by atoms with Gasteiger partial charge in [-0.1, -0.05) is 72.8 Å². The number of rotatable bonds is 10. The van der Waals surface area contributed by atoms with Crippen LogP contribution in [0, 0.1) is 0 Å². The molecule has 36 heavy (non-hydrogen) atoms. The Balaban J connectivity index is 1.75. The van der Waals surface area contributed by atoms with Crippen LogP contribution in [0.1, 0.15) is 47.8 Å². The Bertz CT molecular complexity index is 1400. The summed E-state index contributed by atoms with van der Waals surface area (Å²) in [5.74, 6) is -3.32. The van der Waals surface area contributed by atoms with E-state index in [1.165, 1.54) is 12.1 Å². The van der Waals surface area contributed by atoms with Crippen molar-refractivity contribution in [1.29, 1.82) is 0 Å². The third kappa shape index (κ3) is 5.59. The minimum absolute atomic E-state index is 0.00933. The number of carbonyl (C=O) groups excluding carboxylic acids is 1. The normalized spacial score (nSPS) is 10.4. The monoisotopic (exact) mass is 482 g/mol. The summed E-state index contributed by atoms with van der Waals surface area (Å²) in [5, 5.41) is 19.4. The average molecular weight is 482 g/mol. The molecule has 0 saturated carbocycles. The highest BCUT2D eigenvalue weighted by atomic mass is 16.5. The van der Waals surface area contributed by atoms with E-state index in [1.54, 1.807) is 42.5 Å². The van der Waals surface area contributed by atoms with E-state index in [-0.39, 0.29) is 41.4 Å². The lowest BCUT2D eigenvalue weighted by molar-refractivity contribution is 0.0691. The summed E-state index contributed by atoms with van der Waals surface area (Å²) in [5.41, 5.74) is 0.757. The van der Waals surface area contributed by atoms with Crippen LogP contribution in [-0.4, -0.2) is 27.9 Å². The SMILES string of the molecule is O=C(O)c1cc(OCc2ccccc2)c(C(=O)c2ccccc2OCc2ccccc2)c(C(=O)O)c1. The van der Waals surface area contributed by atoms with Crippen LogP contribution >= 0.6 is 0 Å². The maximum atomic E-state index is 13.7. The van der Waals surface area contributed by atoms with Gasteiger partial charge in [0.15, 0.2) is 0 Å². The molecule has 0 amide bonds. The van der Waals surface area contributed by atoms with Crippen LogP contribution in [0.25, 0.3) is 0 Å². The first kappa shape index (κ1) is 24.2. The van der Waals surface area contributed by atoms with Crippen LogP contribution in [0.3, 0.4) is 0 Å². The van der Waals surface area contributed by atoms with E-state index in [1.807, 2.05) is 36.4 Å². The number of carboxylic acid groups (broad SMARTS) is 2. The third-order valence-electron chi connectivity index (χ3n) is 5.41. The van der Waals surface area contributed by atoms with Crippen molar-refractivity contribution in [3.8, 4) is 11.5 Å². The third-order valence-corrected chi connectivity index (χ3v) is 5.41. The van der Waals surface area contributed by atoms with Crippen LogP contribution < -0.4 is 9.47 Å². The summed E-state index contributed by atoms with van der Waals surface area (Å²) in [6, 6.07) is 27.0. The number of benzene rings is 4. The fourth-order valence-electron chi connectivity index (χ4n) is 3.64. The van der Waals surface area contributed by atoms with E-state index in [2.05, 4.69) is 0 Å². The Hall–Kier alpha value is -4.91. The Labute approximate surface area is 207 Å². The smallest absolute Gasteiger partial charge is 0.336 e. The molecule has 4 aromatic carbocycles. The Morgan fingerprint density at radius 1 is 0.583 bits per heavy atom. The highest BCUT2D eigenvalue weighted by Gasteiger charge is 2.27. The van der Waals surface area contributed by atoms with Gasteiger partial charge in [0.25, 0.3) is 0 Å². The molecule has 0 aliphatic carbocycles. The van der Waals surface area contributed by atoms with Crippen molar-refractivity contribution in [3.63, 3.8) is 0 Å². The Morgan fingerprint density at radius 3 is 1.67 bits per heavy atom. The van der Waals surface area contributed by atoms with E-state index in [0.29, 0.717) is 0 Å². The summed E-state index contributed by atoms with van der Waals surface area (Å²) >= 11 is 0. The summed E-state index contributed by atoms with van der Waals surface area (Å²) in [4.78, 5) is 37.5. The predicted octanol–water partition coefficient (Wildman–Crippen LogP) is 5.47. The number of aromatic carboxylic acids is 2. The number of ether oxygens (including phenoxy) is 2. The zero-order valence-electron chi connectivity index (χ0n) is 19.1. The van der Waals surface area contributed by atoms with Crippen LogP contribution in [0.4, 0.5) is 0 Å². The molecule has 0 unspecified atom stereocenters. The fourth-order valence-corrected chi connectivity index (χ4v) is 3.64. The minimum Gasteiger partial charge on any atom is -0.488 e. The van der Waals surface area contributed by atoms with Crippen LogP contribution in [0.5, 0.6) is 11.5 Å². The van der Waals surface area contributed by atoms with Crippen molar-refractivity contribution >= 4 is 17.7 Å². The summed E-state index contributed by atoms with van der Waals surface area (Å²) in [7, 11) is 0. The van der Waals surface area contributed by atoms with E-state index >= 15 is 0 Å². The van der Waals surface area contributed by atoms with Crippen LogP contribution in [0.15, 0.2) is 97.1 Å². The van der Waals surface area contributed by atoms with Gasteiger partial charge in [0.2, 0.25) is 5.78 Å². The molecule has 0 atom stereocenters. The molecule has 0 fully saturated rings. The number of hydrogen-bond donors (Lipinski definition) is 2. The second-order valence-corrected chi connectivity index (χ2v) is 7.88. The minimum atomic E-state index is -1.45. The number of carboxylic acids is 2. The molecular formula is C29H22O7. The molecule has 0 radical (unpaired) electrons. The van der Waals surface area contributed by atoms with Crippen LogP contribution in [0.2, 0.25) is 0 Å². The fraction of sp³-hybridized carbons (Fsp3) is 0.0690. The molecule has 180 valence electrons. The molecule has 4 aromatic rings. The van der Waals surface area contributed by atoms with Crippen molar-refractivity contribution in [2.45, 2.75) is 13.2 Å². The second kappa shape index (κ2) is 11.0. The number of hydrogen-bond acceptors (Lipinski definition) is 5. The largest absolute Gasteiger partial charge is 0.488 e. The highest BCUT2D eigenvalue weighted by Crippen LogP contribution is 2.32. The van der Waals surface area contributed by atoms with Crippen molar-refractivity contribution in [2.75, 3.05) is 0 Å². The summed E-state index contributed by atoms with van der Waals surface area (Å²) in [6.07, 6.45) is 0. The molecule has 0 spiro atoms. The molecule has 0 bridgehead atoms. The van der Waals surface area contributed by atoms with E-state index in [4.69, 9.17) is 9.47 Å². The van der Waals surface area contributed by atoms with Gasteiger partial charge >= 0.3 is 11.9 Å². The number of ketones is 1. The Kier molecular flexibility index (Phi) is 7.41. The van der Waals surface area contributed by atoms with Gasteiger partial charge in [-0.25, -0.2) is 9.59 Å². The first-order chi connectivity index (χ1) is 17.4. The van der Waals surface area contributed by atoms with E-state index < -0.39 is 23.3 Å². The number of carbonyl (C=O) groups is 3. The van der Waals surface area contributed by atoms with Gasteiger partial charge < -0.3 is 19.7 Å². The highest BCUT2D eigenvalue weighted by molar-refractivity contribution is 6.17. The molecule has 0 saturated heterocycles. The topological polar surface area (TPSA) is 110 Å². The van der Waals surface area contributed by atoms with Gasteiger partial charge in [0, 0.05) is 0 Å². The average Bonchev–Trinajstić information content (AvgIpc) is 2.91. The molecule has 7 nitrogen and oxygen atoms in total. The molecule has 0 aliphatic rings. The van der Waals surface area contributed by atoms with Crippen LogP contribution in [-0.2, 0) is 13.2 Å². The molecular weight excluding hydrogens is 460 g/mol. The van der Waals surface area contributed by atoms with E-state index in [0.717, 1.165) is 17.2 Å². The van der Waals surface area contributed by atoms with Crippen molar-refractivity contribution in [3.05, 3.63) is 130 Å². The van der Waals surface area contributed by atoms with Gasteiger partial charge in [-0.15, -0.1) is 0 Å². The molecule has 2 N–H and O–H groups in total. The van der Waals surface area contributed by atoms with Gasteiger partial charge in [-0.2, -0.15) is 0 Å². The van der Waals surface area contributed by atoms with Gasteiger partial charge in [0.05, 0.1) is 22.3 Å². The first-order valence-corrected chi connectivity index (χ1v) is 11.1. The lowest BCUT2D eigenvalue weighted by Gasteiger charge is -2.16. The van der Waals surface area contributed by atoms with Crippen molar-refractivity contribution < 1.29 is 34.1 Å². The zero-order chi connectivity index (χ0) is 25.5.